The molecule has 0 saturated carbocycles. The first-order valence-electron chi connectivity index (χ1n) is 8.24. The maximum atomic E-state index is 12.3. The molecule has 1 saturated heterocycles. The SMILES string of the molecule is CN(C)c1nccnc1OC1CCN(C(=O)COc2ccccc2)C1. The molecule has 2 aromatic rings. The Morgan fingerprint density at radius 1 is 1.24 bits per heavy atom. The van der Waals surface area contributed by atoms with Crippen LogP contribution in [-0.2, 0) is 4.79 Å². The lowest BCUT2D eigenvalue weighted by Gasteiger charge is -2.19. The highest BCUT2D eigenvalue weighted by atomic mass is 16.5. The number of carbonyl (C=O) groups excluding carboxylic acids is 1. The summed E-state index contributed by atoms with van der Waals surface area (Å²) in [7, 11) is 3.78. The van der Waals surface area contributed by atoms with Crippen LogP contribution in [0.2, 0.25) is 0 Å². The smallest absolute Gasteiger partial charge is 0.260 e. The Kier molecular flexibility index (Phi) is 5.33. The van der Waals surface area contributed by atoms with Gasteiger partial charge in [-0.1, -0.05) is 18.2 Å². The number of aromatic nitrogens is 2. The van der Waals surface area contributed by atoms with E-state index in [1.54, 1.807) is 17.3 Å². The van der Waals surface area contributed by atoms with Crippen molar-refractivity contribution in [2.45, 2.75) is 12.5 Å². The van der Waals surface area contributed by atoms with E-state index >= 15 is 0 Å². The molecule has 7 heteroatoms. The van der Waals surface area contributed by atoms with Gasteiger partial charge in [0.2, 0.25) is 0 Å². The molecule has 0 spiro atoms. The number of likely N-dealkylation sites (tertiary alicyclic amines) is 1. The monoisotopic (exact) mass is 342 g/mol. The largest absolute Gasteiger partial charge is 0.484 e. The van der Waals surface area contributed by atoms with Gasteiger partial charge in [-0.05, 0) is 12.1 Å². The number of ether oxygens (including phenoxy) is 2. The molecule has 1 atom stereocenters. The Labute approximate surface area is 147 Å². The Bertz CT molecular complexity index is 708. The van der Waals surface area contributed by atoms with Gasteiger partial charge in [0.05, 0.1) is 6.54 Å². The summed E-state index contributed by atoms with van der Waals surface area (Å²) >= 11 is 0. The number of anilines is 1. The topological polar surface area (TPSA) is 67.8 Å². The Hall–Kier alpha value is -2.83. The highest BCUT2D eigenvalue weighted by molar-refractivity contribution is 5.78. The van der Waals surface area contributed by atoms with E-state index in [4.69, 9.17) is 9.47 Å². The van der Waals surface area contributed by atoms with Crippen molar-refractivity contribution in [1.29, 1.82) is 0 Å². The van der Waals surface area contributed by atoms with E-state index in [-0.39, 0.29) is 18.6 Å². The van der Waals surface area contributed by atoms with E-state index in [1.807, 2.05) is 49.3 Å². The van der Waals surface area contributed by atoms with Crippen molar-refractivity contribution in [3.05, 3.63) is 42.7 Å². The third kappa shape index (κ3) is 4.37. The molecule has 1 aliphatic heterocycles. The summed E-state index contributed by atoms with van der Waals surface area (Å²) in [5.41, 5.74) is 0. The maximum absolute atomic E-state index is 12.3. The van der Waals surface area contributed by atoms with Gasteiger partial charge in [0.1, 0.15) is 11.9 Å². The van der Waals surface area contributed by atoms with Crippen molar-refractivity contribution < 1.29 is 14.3 Å². The second kappa shape index (κ2) is 7.83. The maximum Gasteiger partial charge on any atom is 0.260 e. The van der Waals surface area contributed by atoms with Crippen LogP contribution in [0.5, 0.6) is 11.6 Å². The number of benzene rings is 1. The number of nitrogens with zero attached hydrogens (tertiary/aromatic N) is 4. The predicted molar refractivity (Wildman–Crippen MR) is 93.9 cm³/mol. The molecule has 1 aromatic carbocycles. The third-order valence-electron chi connectivity index (χ3n) is 3.95. The van der Waals surface area contributed by atoms with Crippen molar-refractivity contribution in [3.8, 4) is 11.6 Å². The van der Waals surface area contributed by atoms with Gasteiger partial charge >= 0.3 is 0 Å². The van der Waals surface area contributed by atoms with Gasteiger partial charge in [-0.3, -0.25) is 4.79 Å². The Balaban J connectivity index is 1.52. The van der Waals surface area contributed by atoms with Gasteiger partial charge < -0.3 is 19.3 Å². The van der Waals surface area contributed by atoms with Crippen molar-refractivity contribution in [3.63, 3.8) is 0 Å². The minimum Gasteiger partial charge on any atom is -0.484 e. The second-order valence-electron chi connectivity index (χ2n) is 6.05. The summed E-state index contributed by atoms with van der Waals surface area (Å²) in [6, 6.07) is 9.33. The van der Waals surface area contributed by atoms with E-state index in [0.29, 0.717) is 30.5 Å². The summed E-state index contributed by atoms with van der Waals surface area (Å²) in [4.78, 5) is 24.4. The fourth-order valence-corrected chi connectivity index (χ4v) is 2.67. The van der Waals surface area contributed by atoms with Gasteiger partial charge in [-0.25, -0.2) is 9.97 Å². The fourth-order valence-electron chi connectivity index (χ4n) is 2.67. The van der Waals surface area contributed by atoms with Crippen LogP contribution in [0.4, 0.5) is 5.82 Å². The molecule has 1 aromatic heterocycles. The Morgan fingerprint density at radius 3 is 2.76 bits per heavy atom. The molecular formula is C18H22N4O3. The number of para-hydroxylation sites is 1. The molecule has 132 valence electrons. The molecule has 0 N–H and O–H groups in total. The first-order chi connectivity index (χ1) is 12.1. The van der Waals surface area contributed by atoms with Gasteiger partial charge in [-0.2, -0.15) is 0 Å². The van der Waals surface area contributed by atoms with E-state index in [9.17, 15) is 4.79 Å². The molecule has 7 nitrogen and oxygen atoms in total. The van der Waals surface area contributed by atoms with Crippen LogP contribution in [0.25, 0.3) is 0 Å². The zero-order chi connectivity index (χ0) is 17.6. The van der Waals surface area contributed by atoms with E-state index in [1.165, 1.54) is 0 Å². The summed E-state index contributed by atoms with van der Waals surface area (Å²) in [6.07, 6.45) is 3.92. The van der Waals surface area contributed by atoms with Gasteiger partial charge in [0.25, 0.3) is 11.8 Å². The van der Waals surface area contributed by atoms with E-state index < -0.39 is 0 Å². The van der Waals surface area contributed by atoms with Crippen molar-refractivity contribution in [2.24, 2.45) is 0 Å². The van der Waals surface area contributed by atoms with Crippen LogP contribution < -0.4 is 14.4 Å². The number of hydrogen-bond acceptors (Lipinski definition) is 6. The van der Waals surface area contributed by atoms with Crippen LogP contribution in [0.15, 0.2) is 42.7 Å². The number of hydrogen-bond donors (Lipinski definition) is 0. The lowest BCUT2D eigenvalue weighted by molar-refractivity contribution is -0.132. The first-order valence-corrected chi connectivity index (χ1v) is 8.24. The minimum atomic E-state index is -0.0870. The molecule has 2 heterocycles. The van der Waals surface area contributed by atoms with Crippen LogP contribution >= 0.6 is 0 Å². The fraction of sp³-hybridized carbons (Fsp3) is 0.389. The zero-order valence-corrected chi connectivity index (χ0v) is 14.5. The highest BCUT2D eigenvalue weighted by Crippen LogP contribution is 2.24. The Morgan fingerprint density at radius 2 is 2.00 bits per heavy atom. The van der Waals surface area contributed by atoms with Crippen LogP contribution in [-0.4, -0.2) is 60.7 Å². The van der Waals surface area contributed by atoms with E-state index in [2.05, 4.69) is 9.97 Å². The molecule has 1 amide bonds. The summed E-state index contributed by atoms with van der Waals surface area (Å²) < 4.78 is 11.5. The molecular weight excluding hydrogens is 320 g/mol. The molecule has 0 bridgehead atoms. The molecule has 1 unspecified atom stereocenters. The number of amides is 1. The summed E-state index contributed by atoms with van der Waals surface area (Å²) in [5, 5.41) is 0. The third-order valence-corrected chi connectivity index (χ3v) is 3.95. The summed E-state index contributed by atoms with van der Waals surface area (Å²) in [5.74, 6) is 1.83. The van der Waals surface area contributed by atoms with Crippen molar-refractivity contribution >= 4 is 11.7 Å². The second-order valence-corrected chi connectivity index (χ2v) is 6.05. The number of carbonyl (C=O) groups is 1. The molecule has 25 heavy (non-hydrogen) atoms. The average Bonchev–Trinajstić information content (AvgIpc) is 3.09. The average molecular weight is 342 g/mol. The molecule has 3 rings (SSSR count). The lowest BCUT2D eigenvalue weighted by atomic mass is 10.3. The van der Waals surface area contributed by atoms with Crippen molar-refractivity contribution in [2.75, 3.05) is 38.7 Å². The predicted octanol–water partition coefficient (Wildman–Crippen LogP) is 1.60. The van der Waals surface area contributed by atoms with Gasteiger partial charge in [0.15, 0.2) is 12.4 Å². The minimum absolute atomic E-state index is 0.0326. The molecule has 1 aliphatic rings. The van der Waals surface area contributed by atoms with Gasteiger partial charge in [0, 0.05) is 39.5 Å². The lowest BCUT2D eigenvalue weighted by Crippen LogP contribution is -2.34. The molecule has 0 aliphatic carbocycles. The van der Waals surface area contributed by atoms with Gasteiger partial charge in [-0.15, -0.1) is 0 Å². The number of rotatable bonds is 6. The quantitative estimate of drug-likeness (QED) is 0.794. The highest BCUT2D eigenvalue weighted by Gasteiger charge is 2.29. The van der Waals surface area contributed by atoms with E-state index in [0.717, 1.165) is 6.42 Å². The molecule has 0 radical (unpaired) electrons. The van der Waals surface area contributed by atoms with Crippen molar-refractivity contribution in [1.82, 2.24) is 14.9 Å². The first kappa shape index (κ1) is 17.0. The van der Waals surface area contributed by atoms with Crippen LogP contribution in [0.3, 0.4) is 0 Å². The molecule has 1 fully saturated rings. The van der Waals surface area contributed by atoms with Crippen LogP contribution in [0.1, 0.15) is 6.42 Å². The summed E-state index contributed by atoms with van der Waals surface area (Å²) in [6.45, 7) is 1.21. The zero-order valence-electron chi connectivity index (χ0n) is 14.5. The standard InChI is InChI=1S/C18H22N4O3/c1-21(2)17-18(20-10-9-19-17)25-15-8-11-22(12-15)16(23)13-24-14-6-4-3-5-7-14/h3-7,9-10,15H,8,11-13H2,1-2H3. The van der Waals surface area contributed by atoms with Crippen LogP contribution in [0, 0.1) is 0 Å². The normalized spacial score (nSPS) is 16.6.